The number of carbonyl (C=O) groups excluding carboxylic acids is 2. The molecule has 27 heavy (non-hydrogen) atoms. The van der Waals surface area contributed by atoms with Crippen molar-refractivity contribution in [3.63, 3.8) is 0 Å². The van der Waals surface area contributed by atoms with E-state index in [9.17, 15) is 9.59 Å². The van der Waals surface area contributed by atoms with Crippen molar-refractivity contribution in [1.29, 1.82) is 0 Å². The van der Waals surface area contributed by atoms with Crippen LogP contribution in [0, 0.1) is 0 Å². The Morgan fingerprint density at radius 2 is 2.07 bits per heavy atom. The number of piperidine rings is 1. The second-order valence-electron chi connectivity index (χ2n) is 6.77. The van der Waals surface area contributed by atoms with Crippen molar-refractivity contribution < 1.29 is 14.3 Å². The smallest absolute Gasteiger partial charge is 0.267 e. The summed E-state index contributed by atoms with van der Waals surface area (Å²) in [4.78, 5) is 28.4. The summed E-state index contributed by atoms with van der Waals surface area (Å²) in [5.74, 6) is 1.57. The van der Waals surface area contributed by atoms with Gasteiger partial charge in [-0.25, -0.2) is 4.68 Å². The maximum Gasteiger partial charge on any atom is 0.267 e. The number of Topliss-reactive ketones (excluding diaryl/α,β-unsaturated/α-hetero) is 1. The summed E-state index contributed by atoms with van der Waals surface area (Å²) in [7, 11) is 1.76. The molecule has 0 spiro atoms. The molecule has 1 aliphatic heterocycles. The average molecular weight is 371 g/mol. The van der Waals surface area contributed by atoms with Gasteiger partial charge in [-0.05, 0) is 51.9 Å². The molecule has 8 heteroatoms. The number of carbonyl (C=O) groups is 2. The zero-order valence-electron chi connectivity index (χ0n) is 15.9. The van der Waals surface area contributed by atoms with Gasteiger partial charge in [-0.1, -0.05) is 12.1 Å². The number of anilines is 1. The lowest BCUT2D eigenvalue weighted by Crippen LogP contribution is -2.31. The van der Waals surface area contributed by atoms with Crippen molar-refractivity contribution in [2.24, 2.45) is 7.05 Å². The summed E-state index contributed by atoms with van der Waals surface area (Å²) in [5.41, 5.74) is 0.542. The monoisotopic (exact) mass is 371 g/mol. The third-order valence-electron chi connectivity index (χ3n) is 4.64. The van der Waals surface area contributed by atoms with E-state index in [2.05, 4.69) is 20.7 Å². The van der Waals surface area contributed by atoms with E-state index in [0.29, 0.717) is 23.2 Å². The number of amides is 1. The van der Waals surface area contributed by atoms with E-state index in [1.807, 2.05) is 0 Å². The van der Waals surface area contributed by atoms with Crippen LogP contribution in [0.3, 0.4) is 0 Å². The maximum absolute atomic E-state index is 12.5. The number of benzene rings is 1. The Labute approximate surface area is 158 Å². The number of hydrogen-bond donors (Lipinski definition) is 2. The van der Waals surface area contributed by atoms with E-state index in [4.69, 9.17) is 4.74 Å². The fourth-order valence-electron chi connectivity index (χ4n) is 3.02. The van der Waals surface area contributed by atoms with Crippen molar-refractivity contribution >= 4 is 17.6 Å². The Hall–Kier alpha value is -2.74. The van der Waals surface area contributed by atoms with Gasteiger partial charge in [0.1, 0.15) is 5.75 Å². The average Bonchev–Trinajstić information content (AvgIpc) is 3.03. The van der Waals surface area contributed by atoms with Gasteiger partial charge in [0.05, 0.1) is 0 Å². The van der Waals surface area contributed by atoms with Crippen molar-refractivity contribution in [3.05, 3.63) is 35.7 Å². The van der Waals surface area contributed by atoms with Crippen molar-refractivity contribution in [3.8, 4) is 5.75 Å². The van der Waals surface area contributed by atoms with Gasteiger partial charge in [0.15, 0.2) is 17.7 Å². The minimum atomic E-state index is -0.744. The van der Waals surface area contributed by atoms with Crippen LogP contribution in [-0.4, -0.2) is 45.6 Å². The first-order valence-corrected chi connectivity index (χ1v) is 9.14. The minimum absolute atomic E-state index is 0.0536. The molecule has 1 amide bonds. The standard InChI is InChI=1S/C19H25N5O3/c1-12(25)15-5-4-6-16(11-15)27-13(2)18(26)22-19-21-17(23-24(19)3)14-7-9-20-10-8-14/h4-6,11,13-14,20H,7-10H2,1-3H3,(H,21,22,23,26). The molecule has 8 nitrogen and oxygen atoms in total. The third kappa shape index (κ3) is 4.71. The van der Waals surface area contributed by atoms with Crippen LogP contribution in [0.4, 0.5) is 5.95 Å². The Morgan fingerprint density at radius 3 is 2.78 bits per heavy atom. The van der Waals surface area contributed by atoms with E-state index in [0.717, 1.165) is 31.8 Å². The molecule has 2 heterocycles. The first-order valence-electron chi connectivity index (χ1n) is 9.14. The van der Waals surface area contributed by atoms with Crippen LogP contribution in [-0.2, 0) is 11.8 Å². The van der Waals surface area contributed by atoms with Crippen LogP contribution in [0.5, 0.6) is 5.75 Å². The highest BCUT2D eigenvalue weighted by Crippen LogP contribution is 2.23. The molecule has 2 N–H and O–H groups in total. The quantitative estimate of drug-likeness (QED) is 0.753. The highest BCUT2D eigenvalue weighted by Gasteiger charge is 2.23. The maximum atomic E-state index is 12.5. The topological polar surface area (TPSA) is 98.1 Å². The highest BCUT2D eigenvalue weighted by molar-refractivity contribution is 5.94. The second-order valence-corrected chi connectivity index (χ2v) is 6.77. The van der Waals surface area contributed by atoms with Crippen LogP contribution in [0.2, 0.25) is 0 Å². The lowest BCUT2D eigenvalue weighted by atomic mass is 9.98. The SMILES string of the molecule is CC(=O)c1cccc(OC(C)C(=O)Nc2nc(C3CCNCC3)nn2C)c1. The molecule has 0 aliphatic carbocycles. The molecule has 3 rings (SSSR count). The number of ketones is 1. The van der Waals surface area contributed by atoms with Crippen molar-refractivity contribution in [1.82, 2.24) is 20.1 Å². The van der Waals surface area contributed by atoms with E-state index in [-0.39, 0.29) is 11.7 Å². The van der Waals surface area contributed by atoms with Gasteiger partial charge in [0, 0.05) is 18.5 Å². The summed E-state index contributed by atoms with van der Waals surface area (Å²) >= 11 is 0. The number of ether oxygens (including phenoxy) is 1. The predicted octanol–water partition coefficient (Wildman–Crippen LogP) is 1.89. The molecule has 1 atom stereocenters. The fourth-order valence-corrected chi connectivity index (χ4v) is 3.02. The molecule has 1 aromatic carbocycles. The summed E-state index contributed by atoms with van der Waals surface area (Å²) in [6.45, 7) is 5.05. The van der Waals surface area contributed by atoms with Gasteiger partial charge in [0.25, 0.3) is 5.91 Å². The molecular formula is C19H25N5O3. The molecule has 1 fully saturated rings. The van der Waals surface area contributed by atoms with Gasteiger partial charge in [-0.2, -0.15) is 10.1 Å². The largest absolute Gasteiger partial charge is 0.481 e. The molecule has 1 saturated heterocycles. The number of aryl methyl sites for hydroxylation is 1. The Morgan fingerprint density at radius 1 is 1.33 bits per heavy atom. The lowest BCUT2D eigenvalue weighted by Gasteiger charge is -2.19. The first-order chi connectivity index (χ1) is 12.9. The number of rotatable bonds is 6. The van der Waals surface area contributed by atoms with Crippen LogP contribution >= 0.6 is 0 Å². The van der Waals surface area contributed by atoms with Crippen molar-refractivity contribution in [2.75, 3.05) is 18.4 Å². The van der Waals surface area contributed by atoms with Gasteiger partial charge < -0.3 is 10.1 Å². The fraction of sp³-hybridized carbons (Fsp3) is 0.474. The lowest BCUT2D eigenvalue weighted by molar-refractivity contribution is -0.122. The number of aromatic nitrogens is 3. The number of nitrogens with zero attached hydrogens (tertiary/aromatic N) is 3. The summed E-state index contributed by atoms with van der Waals surface area (Å²) in [6, 6.07) is 6.78. The summed E-state index contributed by atoms with van der Waals surface area (Å²) in [6.07, 6.45) is 1.23. The molecule has 0 radical (unpaired) electrons. The zero-order chi connectivity index (χ0) is 19.4. The molecule has 0 bridgehead atoms. The van der Waals surface area contributed by atoms with Gasteiger partial charge >= 0.3 is 0 Å². The Balaban J connectivity index is 1.63. The molecule has 1 aromatic heterocycles. The summed E-state index contributed by atoms with van der Waals surface area (Å²) in [5, 5.41) is 10.5. The van der Waals surface area contributed by atoms with Crippen molar-refractivity contribution in [2.45, 2.75) is 38.7 Å². The van der Waals surface area contributed by atoms with E-state index in [1.165, 1.54) is 6.92 Å². The van der Waals surface area contributed by atoms with E-state index >= 15 is 0 Å². The van der Waals surface area contributed by atoms with Gasteiger partial charge in [-0.3, -0.25) is 14.9 Å². The van der Waals surface area contributed by atoms with Crippen LogP contribution in [0.1, 0.15) is 48.8 Å². The first kappa shape index (κ1) is 19.0. The third-order valence-corrected chi connectivity index (χ3v) is 4.64. The van der Waals surface area contributed by atoms with Gasteiger partial charge in [0.2, 0.25) is 5.95 Å². The number of nitrogens with one attached hydrogen (secondary N) is 2. The second kappa shape index (κ2) is 8.30. The minimum Gasteiger partial charge on any atom is -0.481 e. The highest BCUT2D eigenvalue weighted by atomic mass is 16.5. The van der Waals surface area contributed by atoms with Crippen LogP contribution in [0.15, 0.2) is 24.3 Å². The predicted molar refractivity (Wildman–Crippen MR) is 101 cm³/mol. The van der Waals surface area contributed by atoms with Crippen LogP contribution < -0.4 is 15.4 Å². The van der Waals surface area contributed by atoms with E-state index in [1.54, 1.807) is 42.9 Å². The zero-order valence-corrected chi connectivity index (χ0v) is 15.9. The molecule has 1 unspecified atom stereocenters. The summed E-state index contributed by atoms with van der Waals surface area (Å²) < 4.78 is 7.25. The normalized spacial score (nSPS) is 16.0. The van der Waals surface area contributed by atoms with E-state index < -0.39 is 6.10 Å². The molecular weight excluding hydrogens is 346 g/mol. The van der Waals surface area contributed by atoms with Gasteiger partial charge in [-0.15, -0.1) is 0 Å². The molecule has 1 aliphatic rings. The molecule has 144 valence electrons. The van der Waals surface area contributed by atoms with Crippen LogP contribution in [0.25, 0.3) is 0 Å². The molecule has 0 saturated carbocycles. The number of hydrogen-bond acceptors (Lipinski definition) is 6. The Bertz CT molecular complexity index is 827. The Kier molecular flexibility index (Phi) is 5.85. The molecule has 2 aromatic rings.